The fourth-order valence-corrected chi connectivity index (χ4v) is 4.28. The third kappa shape index (κ3) is 6.55. The zero-order chi connectivity index (χ0) is 15.4. The van der Waals surface area contributed by atoms with Gasteiger partial charge in [0.25, 0.3) is 0 Å². The van der Waals surface area contributed by atoms with Crippen LogP contribution in [0.15, 0.2) is 0 Å². The molecule has 0 amide bonds. The lowest BCUT2D eigenvalue weighted by atomic mass is 9.98. The van der Waals surface area contributed by atoms with E-state index in [4.69, 9.17) is 0 Å². The molecule has 1 N–H and O–H groups in total. The molecule has 1 aliphatic heterocycles. The number of nitrogens with one attached hydrogen (secondary N) is 1. The molecule has 20 heavy (non-hydrogen) atoms. The third-order valence-corrected chi connectivity index (χ3v) is 5.62. The minimum atomic E-state index is -3.06. The molecule has 0 aromatic rings. The maximum Gasteiger partial charge on any atom is 0.214 e. The summed E-state index contributed by atoms with van der Waals surface area (Å²) in [6.07, 6.45) is 2.86. The van der Waals surface area contributed by atoms with Crippen molar-refractivity contribution in [2.75, 3.05) is 25.4 Å². The van der Waals surface area contributed by atoms with Gasteiger partial charge in [0, 0.05) is 18.6 Å². The first kappa shape index (κ1) is 17.9. The monoisotopic (exact) mass is 304 g/mol. The van der Waals surface area contributed by atoms with E-state index < -0.39 is 10.0 Å². The maximum atomic E-state index is 12.3. The van der Waals surface area contributed by atoms with Gasteiger partial charge in [0.2, 0.25) is 10.0 Å². The Balaban J connectivity index is 2.51. The predicted octanol–water partition coefficient (Wildman–Crippen LogP) is 2.46. The largest absolute Gasteiger partial charge is 0.312 e. The lowest BCUT2D eigenvalue weighted by Crippen LogP contribution is -2.46. The van der Waals surface area contributed by atoms with Crippen LogP contribution in [0.3, 0.4) is 0 Å². The van der Waals surface area contributed by atoms with E-state index in [0.717, 1.165) is 25.8 Å². The second-order valence-corrected chi connectivity index (χ2v) is 9.58. The Bertz CT molecular complexity index is 385. The summed E-state index contributed by atoms with van der Waals surface area (Å²) in [5.74, 6) is 1.18. The lowest BCUT2D eigenvalue weighted by molar-refractivity contribution is 0.244. The fourth-order valence-electron chi connectivity index (χ4n) is 2.41. The summed E-state index contributed by atoms with van der Waals surface area (Å²) in [7, 11) is -3.06. The quantitative estimate of drug-likeness (QED) is 0.820. The minimum Gasteiger partial charge on any atom is -0.312 e. The first-order valence-corrected chi connectivity index (χ1v) is 9.44. The summed E-state index contributed by atoms with van der Waals surface area (Å²) in [4.78, 5) is 0. The van der Waals surface area contributed by atoms with Crippen LogP contribution in [0.25, 0.3) is 0 Å². The maximum absolute atomic E-state index is 12.3. The molecule has 1 fully saturated rings. The molecule has 1 unspecified atom stereocenters. The molecular formula is C15H32N2O2S. The Labute approximate surface area is 125 Å². The smallest absolute Gasteiger partial charge is 0.214 e. The summed E-state index contributed by atoms with van der Waals surface area (Å²) in [5, 5.41) is 3.49. The van der Waals surface area contributed by atoms with Gasteiger partial charge in [-0.25, -0.2) is 12.7 Å². The van der Waals surface area contributed by atoms with Gasteiger partial charge in [-0.2, -0.15) is 0 Å². The van der Waals surface area contributed by atoms with E-state index in [-0.39, 0.29) is 5.54 Å². The summed E-state index contributed by atoms with van der Waals surface area (Å²) in [5.41, 5.74) is 0.0960. The average Bonchev–Trinajstić information content (AvgIpc) is 2.34. The second-order valence-electron chi connectivity index (χ2n) is 7.50. The molecular weight excluding hydrogens is 272 g/mol. The molecule has 0 aromatic heterocycles. The molecule has 0 radical (unpaired) electrons. The van der Waals surface area contributed by atoms with Crippen molar-refractivity contribution < 1.29 is 8.42 Å². The van der Waals surface area contributed by atoms with Crippen LogP contribution in [0.5, 0.6) is 0 Å². The highest BCUT2D eigenvalue weighted by molar-refractivity contribution is 7.89. The van der Waals surface area contributed by atoms with Gasteiger partial charge in [0.1, 0.15) is 0 Å². The molecule has 1 atom stereocenters. The summed E-state index contributed by atoms with van der Waals surface area (Å²) in [6.45, 7) is 12.9. The first-order chi connectivity index (χ1) is 9.10. The second kappa shape index (κ2) is 7.23. The van der Waals surface area contributed by atoms with E-state index in [1.807, 2.05) is 0 Å². The van der Waals surface area contributed by atoms with Crippen molar-refractivity contribution in [1.82, 2.24) is 9.62 Å². The van der Waals surface area contributed by atoms with Gasteiger partial charge in [-0.3, -0.25) is 0 Å². The Morgan fingerprint density at radius 3 is 2.50 bits per heavy atom. The van der Waals surface area contributed by atoms with Crippen molar-refractivity contribution in [3.63, 3.8) is 0 Å². The van der Waals surface area contributed by atoms with Gasteiger partial charge in [0.05, 0.1) is 5.75 Å². The number of hydrogen-bond donors (Lipinski definition) is 1. The molecule has 1 rings (SSSR count). The van der Waals surface area contributed by atoms with Gasteiger partial charge in [-0.05, 0) is 58.4 Å². The normalized spacial score (nSPS) is 22.4. The Hall–Kier alpha value is -0.130. The summed E-state index contributed by atoms with van der Waals surface area (Å²) in [6, 6.07) is 0. The van der Waals surface area contributed by atoms with Crippen molar-refractivity contribution >= 4 is 10.0 Å². The van der Waals surface area contributed by atoms with Crippen LogP contribution in [0, 0.1) is 11.8 Å². The van der Waals surface area contributed by atoms with Crippen molar-refractivity contribution in [3.8, 4) is 0 Å². The van der Waals surface area contributed by atoms with E-state index in [9.17, 15) is 8.42 Å². The third-order valence-electron chi connectivity index (χ3n) is 3.75. The molecule has 0 aromatic carbocycles. The van der Waals surface area contributed by atoms with Gasteiger partial charge in [0.15, 0.2) is 0 Å². The highest BCUT2D eigenvalue weighted by Crippen LogP contribution is 2.20. The molecule has 5 heteroatoms. The topological polar surface area (TPSA) is 49.4 Å². The molecule has 1 aliphatic rings. The highest BCUT2D eigenvalue weighted by Gasteiger charge is 2.29. The van der Waals surface area contributed by atoms with Crippen molar-refractivity contribution in [2.24, 2.45) is 11.8 Å². The van der Waals surface area contributed by atoms with E-state index in [0.29, 0.717) is 30.7 Å². The van der Waals surface area contributed by atoms with Gasteiger partial charge < -0.3 is 5.32 Å². The van der Waals surface area contributed by atoms with Crippen LogP contribution in [0.1, 0.15) is 53.9 Å². The van der Waals surface area contributed by atoms with Crippen LogP contribution in [0.4, 0.5) is 0 Å². The zero-order valence-electron chi connectivity index (χ0n) is 13.8. The number of nitrogens with zero attached hydrogens (tertiary/aromatic N) is 1. The zero-order valence-corrected chi connectivity index (χ0v) is 14.6. The predicted molar refractivity (Wildman–Crippen MR) is 85.3 cm³/mol. The Morgan fingerprint density at radius 2 is 1.95 bits per heavy atom. The Morgan fingerprint density at radius 1 is 1.30 bits per heavy atom. The van der Waals surface area contributed by atoms with Crippen LogP contribution in [-0.2, 0) is 10.0 Å². The van der Waals surface area contributed by atoms with E-state index in [2.05, 4.69) is 39.9 Å². The highest BCUT2D eigenvalue weighted by atomic mass is 32.2. The van der Waals surface area contributed by atoms with Gasteiger partial charge in [-0.15, -0.1) is 0 Å². The van der Waals surface area contributed by atoms with Crippen LogP contribution < -0.4 is 5.32 Å². The van der Waals surface area contributed by atoms with Crippen molar-refractivity contribution in [1.29, 1.82) is 0 Å². The van der Waals surface area contributed by atoms with Gasteiger partial charge in [-0.1, -0.05) is 13.8 Å². The molecule has 120 valence electrons. The van der Waals surface area contributed by atoms with Crippen LogP contribution >= 0.6 is 0 Å². The number of hydrogen-bond acceptors (Lipinski definition) is 3. The lowest BCUT2D eigenvalue weighted by Gasteiger charge is -2.34. The summed E-state index contributed by atoms with van der Waals surface area (Å²) >= 11 is 0. The van der Waals surface area contributed by atoms with E-state index >= 15 is 0 Å². The van der Waals surface area contributed by atoms with Gasteiger partial charge >= 0.3 is 0 Å². The van der Waals surface area contributed by atoms with Crippen molar-refractivity contribution in [2.45, 2.75) is 59.4 Å². The first-order valence-electron chi connectivity index (χ1n) is 7.83. The van der Waals surface area contributed by atoms with Crippen LogP contribution in [-0.4, -0.2) is 43.6 Å². The van der Waals surface area contributed by atoms with Crippen LogP contribution in [0.2, 0.25) is 0 Å². The molecule has 1 heterocycles. The molecule has 0 aliphatic carbocycles. The minimum absolute atomic E-state index is 0.0960. The average molecular weight is 305 g/mol. The molecule has 4 nitrogen and oxygen atoms in total. The molecule has 0 saturated carbocycles. The Kier molecular flexibility index (Phi) is 6.48. The molecule has 0 bridgehead atoms. The number of sulfonamides is 1. The molecule has 1 saturated heterocycles. The SMILES string of the molecule is CC(C)CCS(=O)(=O)N1CCCC(CNC(C)(C)C)C1. The standard InChI is InChI=1S/C15H32N2O2S/c1-13(2)8-10-20(18,19)17-9-6-7-14(12-17)11-16-15(3,4)5/h13-14,16H,6-12H2,1-5H3. The fraction of sp³-hybridized carbons (Fsp3) is 1.00. The summed E-state index contributed by atoms with van der Waals surface area (Å²) < 4.78 is 26.4. The van der Waals surface area contributed by atoms with E-state index in [1.54, 1.807) is 4.31 Å². The van der Waals surface area contributed by atoms with E-state index in [1.165, 1.54) is 0 Å². The van der Waals surface area contributed by atoms with Crippen molar-refractivity contribution in [3.05, 3.63) is 0 Å². The number of piperidine rings is 1. The number of rotatable bonds is 6. The molecule has 0 spiro atoms.